The van der Waals surface area contributed by atoms with Crippen molar-refractivity contribution in [3.8, 4) is 0 Å². The molecule has 0 aromatic rings. The summed E-state index contributed by atoms with van der Waals surface area (Å²) in [4.78, 5) is 5.81. The fourth-order valence-electron chi connectivity index (χ4n) is 7.63. The second-order valence-electron chi connectivity index (χ2n) is 12.0. The zero-order valence-corrected chi connectivity index (χ0v) is 21.3. The molecular formula is C30H54N2. The minimum atomic E-state index is 0.948. The summed E-state index contributed by atoms with van der Waals surface area (Å²) in [5.41, 5.74) is 0. The largest absolute Gasteiger partial charge is 0.303 e. The number of hydrogen-bond donors (Lipinski definition) is 0. The smallest absolute Gasteiger partial charge is 0.00127 e. The Morgan fingerprint density at radius 3 is 1.97 bits per heavy atom. The molecule has 2 nitrogen and oxygen atoms in total. The molecule has 184 valence electrons. The van der Waals surface area contributed by atoms with Crippen molar-refractivity contribution in [1.29, 1.82) is 0 Å². The Balaban J connectivity index is 1.48. The van der Waals surface area contributed by atoms with Crippen LogP contribution in [0.25, 0.3) is 0 Å². The molecule has 6 bridgehead atoms. The molecule has 3 fully saturated rings. The van der Waals surface area contributed by atoms with Crippen molar-refractivity contribution >= 4 is 0 Å². The van der Waals surface area contributed by atoms with Gasteiger partial charge in [0.2, 0.25) is 0 Å². The lowest BCUT2D eigenvalue weighted by Crippen LogP contribution is -2.49. The van der Waals surface area contributed by atoms with E-state index in [-0.39, 0.29) is 0 Å². The number of fused-ring (bicyclic) bond motifs is 10. The van der Waals surface area contributed by atoms with Gasteiger partial charge in [-0.1, -0.05) is 69.9 Å². The Bertz CT molecular complexity index is 529. The van der Waals surface area contributed by atoms with Crippen LogP contribution in [0.2, 0.25) is 0 Å². The lowest BCUT2D eigenvalue weighted by atomic mass is 9.69. The van der Waals surface area contributed by atoms with Crippen LogP contribution in [0.1, 0.15) is 116 Å². The molecule has 6 unspecified atom stereocenters. The van der Waals surface area contributed by atoms with Gasteiger partial charge in [-0.25, -0.2) is 0 Å². The van der Waals surface area contributed by atoms with Crippen molar-refractivity contribution < 1.29 is 0 Å². The van der Waals surface area contributed by atoms with Crippen molar-refractivity contribution in [2.45, 2.75) is 116 Å². The van der Waals surface area contributed by atoms with Crippen molar-refractivity contribution in [3.63, 3.8) is 0 Å². The van der Waals surface area contributed by atoms with Crippen LogP contribution in [0.4, 0.5) is 0 Å². The van der Waals surface area contributed by atoms with Gasteiger partial charge in [-0.2, -0.15) is 0 Å². The van der Waals surface area contributed by atoms with Crippen LogP contribution < -0.4 is 0 Å². The maximum absolute atomic E-state index is 2.93. The first-order valence-electron chi connectivity index (χ1n) is 15.0. The minimum absolute atomic E-state index is 0.948. The predicted octanol–water partition coefficient (Wildman–Crippen LogP) is 7.69. The molecule has 0 spiro atoms. The fourth-order valence-corrected chi connectivity index (χ4v) is 7.63. The lowest BCUT2D eigenvalue weighted by Gasteiger charge is -2.47. The van der Waals surface area contributed by atoms with Gasteiger partial charge in [-0.3, -0.25) is 0 Å². The highest BCUT2D eigenvalue weighted by Crippen LogP contribution is 2.40. The molecule has 0 aromatic heterocycles. The highest BCUT2D eigenvalue weighted by molar-refractivity contribution is 4.91. The van der Waals surface area contributed by atoms with Crippen LogP contribution in [0.3, 0.4) is 0 Å². The van der Waals surface area contributed by atoms with E-state index in [4.69, 9.17) is 0 Å². The maximum atomic E-state index is 2.93. The number of piperidine rings is 2. The van der Waals surface area contributed by atoms with Crippen LogP contribution >= 0.6 is 0 Å². The third-order valence-corrected chi connectivity index (χ3v) is 9.43. The molecule has 0 saturated carbocycles. The van der Waals surface area contributed by atoms with Gasteiger partial charge in [-0.05, 0) is 101 Å². The SMILES string of the molecule is C1=CCCC2CC3CN(CCCCCCCCCCC4CN(CCCCCC1)CCC43)C2. The Kier molecular flexibility index (Phi) is 11.0. The van der Waals surface area contributed by atoms with Gasteiger partial charge >= 0.3 is 0 Å². The fraction of sp³-hybridized carbons (Fsp3) is 0.933. The molecule has 0 amide bonds. The summed E-state index contributed by atoms with van der Waals surface area (Å²) in [7, 11) is 0. The van der Waals surface area contributed by atoms with Gasteiger partial charge in [0.25, 0.3) is 0 Å². The summed E-state index contributed by atoms with van der Waals surface area (Å²) in [5, 5.41) is 0. The molecule has 3 saturated heterocycles. The van der Waals surface area contributed by atoms with Gasteiger partial charge in [0.15, 0.2) is 0 Å². The maximum Gasteiger partial charge on any atom is 0.00127 e. The molecule has 0 radical (unpaired) electrons. The number of hydrogen-bond acceptors (Lipinski definition) is 2. The van der Waals surface area contributed by atoms with Gasteiger partial charge in [0.05, 0.1) is 0 Å². The first kappa shape index (κ1) is 24.8. The van der Waals surface area contributed by atoms with Crippen LogP contribution in [-0.2, 0) is 0 Å². The molecule has 0 aromatic carbocycles. The normalized spacial score (nSPS) is 39.2. The number of allylic oxidation sites excluding steroid dienone is 2. The minimum Gasteiger partial charge on any atom is -0.303 e. The Labute approximate surface area is 200 Å². The molecule has 5 rings (SSSR count). The average molecular weight is 443 g/mol. The van der Waals surface area contributed by atoms with E-state index in [9.17, 15) is 0 Å². The van der Waals surface area contributed by atoms with Crippen LogP contribution in [-0.4, -0.2) is 49.1 Å². The first-order chi connectivity index (χ1) is 15.9. The third kappa shape index (κ3) is 8.15. The summed E-state index contributed by atoms with van der Waals surface area (Å²) < 4.78 is 0. The number of nitrogens with zero attached hydrogens (tertiary/aromatic N) is 2. The van der Waals surface area contributed by atoms with Crippen molar-refractivity contribution in [1.82, 2.24) is 9.80 Å². The Hall–Kier alpha value is -0.340. The molecule has 5 heterocycles. The summed E-state index contributed by atoms with van der Waals surface area (Å²) in [6.45, 7) is 8.39. The highest BCUT2D eigenvalue weighted by Gasteiger charge is 2.38. The van der Waals surface area contributed by atoms with E-state index in [1.54, 1.807) is 0 Å². The van der Waals surface area contributed by atoms with Crippen LogP contribution in [0, 0.1) is 23.7 Å². The molecule has 2 heteroatoms. The van der Waals surface area contributed by atoms with Crippen LogP contribution in [0.5, 0.6) is 0 Å². The predicted molar refractivity (Wildman–Crippen MR) is 139 cm³/mol. The molecule has 32 heavy (non-hydrogen) atoms. The van der Waals surface area contributed by atoms with E-state index >= 15 is 0 Å². The van der Waals surface area contributed by atoms with E-state index in [1.807, 2.05) is 0 Å². The van der Waals surface area contributed by atoms with Gasteiger partial charge in [0.1, 0.15) is 0 Å². The van der Waals surface area contributed by atoms with Gasteiger partial charge in [-0.15, -0.1) is 0 Å². The summed E-state index contributed by atoms with van der Waals surface area (Å²) >= 11 is 0. The Morgan fingerprint density at radius 2 is 1.12 bits per heavy atom. The molecule has 0 N–H and O–H groups in total. The summed E-state index contributed by atoms with van der Waals surface area (Å²) in [6.07, 6.45) is 31.2. The van der Waals surface area contributed by atoms with Gasteiger partial charge < -0.3 is 9.80 Å². The van der Waals surface area contributed by atoms with Gasteiger partial charge in [0, 0.05) is 19.6 Å². The van der Waals surface area contributed by atoms with E-state index in [0.717, 1.165) is 23.7 Å². The lowest BCUT2D eigenvalue weighted by molar-refractivity contribution is 0.0191. The molecule has 5 aliphatic heterocycles. The van der Waals surface area contributed by atoms with E-state index in [2.05, 4.69) is 22.0 Å². The van der Waals surface area contributed by atoms with Crippen molar-refractivity contribution in [2.75, 3.05) is 39.3 Å². The third-order valence-electron chi connectivity index (χ3n) is 9.43. The monoisotopic (exact) mass is 442 g/mol. The van der Waals surface area contributed by atoms with E-state index in [0.29, 0.717) is 0 Å². The quantitative estimate of drug-likeness (QED) is 0.355. The zero-order chi connectivity index (χ0) is 21.8. The molecule has 0 aliphatic carbocycles. The number of rotatable bonds is 0. The zero-order valence-electron chi connectivity index (χ0n) is 21.3. The molecular weight excluding hydrogens is 388 g/mol. The highest BCUT2D eigenvalue weighted by atomic mass is 15.1. The van der Waals surface area contributed by atoms with Crippen molar-refractivity contribution in [2.24, 2.45) is 23.7 Å². The summed E-state index contributed by atoms with van der Waals surface area (Å²) in [6, 6.07) is 0. The van der Waals surface area contributed by atoms with Crippen LogP contribution in [0.15, 0.2) is 12.2 Å². The second-order valence-corrected chi connectivity index (χ2v) is 12.0. The Morgan fingerprint density at radius 1 is 0.469 bits per heavy atom. The topological polar surface area (TPSA) is 6.48 Å². The van der Waals surface area contributed by atoms with Crippen molar-refractivity contribution in [3.05, 3.63) is 12.2 Å². The average Bonchev–Trinajstić information content (AvgIpc) is 2.80. The summed E-state index contributed by atoms with van der Waals surface area (Å²) in [5.74, 6) is 3.91. The first-order valence-corrected chi connectivity index (χ1v) is 15.0. The standard InChI is InChI=1S/C30H54N2/c1-3-7-11-15-20-31-22-19-30-28(25-31)18-14-10-6-2-4-8-12-16-21-32-24-27(17-13-9-5-1)23-29(30)26-32/h5,9,27-30H,1-4,6-8,10-26H2. The molecule has 6 atom stereocenters. The van der Waals surface area contributed by atoms with E-state index < -0.39 is 0 Å². The van der Waals surface area contributed by atoms with E-state index in [1.165, 1.54) is 155 Å². The molecule has 5 aliphatic rings. The second kappa shape index (κ2) is 14.1.